The number of aromatic nitrogens is 5. The summed E-state index contributed by atoms with van der Waals surface area (Å²) in [4.78, 5) is 4.66. The molecule has 0 radical (unpaired) electrons. The summed E-state index contributed by atoms with van der Waals surface area (Å²) in [6.45, 7) is 2.54. The Morgan fingerprint density at radius 3 is 2.64 bits per heavy atom. The summed E-state index contributed by atoms with van der Waals surface area (Å²) in [7, 11) is 0. The summed E-state index contributed by atoms with van der Waals surface area (Å²) in [5, 5.41) is 21.5. The highest BCUT2D eigenvalue weighted by Gasteiger charge is 2.31. The van der Waals surface area contributed by atoms with Crippen LogP contribution < -0.4 is 5.32 Å². The number of nitrogens with zero attached hydrogens (tertiary/aromatic N) is 6. The molecule has 0 spiro atoms. The molecule has 200 valence electrons. The van der Waals surface area contributed by atoms with Crippen LogP contribution in [0.4, 0.5) is 19.1 Å². The number of nitrogens with one attached hydrogen (secondary N) is 1. The Morgan fingerprint density at radius 2 is 1.92 bits per heavy atom. The van der Waals surface area contributed by atoms with Gasteiger partial charge in [0.15, 0.2) is 5.65 Å². The van der Waals surface area contributed by atoms with Crippen LogP contribution in [0, 0.1) is 18.3 Å². The van der Waals surface area contributed by atoms with Gasteiger partial charge >= 0.3 is 6.18 Å². The van der Waals surface area contributed by atoms with Gasteiger partial charge in [-0.15, -0.1) is 5.10 Å². The number of halogens is 3. The van der Waals surface area contributed by atoms with Gasteiger partial charge in [-0.25, -0.2) is 9.20 Å². The lowest BCUT2D eigenvalue weighted by Crippen LogP contribution is -2.06. The molecule has 11 heteroatoms. The normalized spacial score (nSPS) is 11.6. The molecule has 39 heavy (non-hydrogen) atoms. The lowest BCUT2D eigenvalue weighted by atomic mass is 9.95. The molecule has 0 aliphatic rings. The van der Waals surface area contributed by atoms with Crippen molar-refractivity contribution in [2.75, 3.05) is 23.9 Å². The smallest absolute Gasteiger partial charge is 0.353 e. The highest BCUT2D eigenvalue weighted by atomic mass is 32.2. The van der Waals surface area contributed by atoms with Crippen LogP contribution in [0.2, 0.25) is 0 Å². The van der Waals surface area contributed by atoms with Crippen LogP contribution in [0.5, 0.6) is 0 Å². The summed E-state index contributed by atoms with van der Waals surface area (Å²) in [5.41, 5.74) is 4.11. The molecule has 0 amide bonds. The molecule has 0 atom stereocenters. The molecular formula is C28H26F3N7S. The van der Waals surface area contributed by atoms with E-state index in [1.165, 1.54) is 6.07 Å². The maximum atomic E-state index is 13.6. The minimum absolute atomic E-state index is 0. The zero-order chi connectivity index (χ0) is 27.6. The van der Waals surface area contributed by atoms with Crippen LogP contribution in [0.3, 0.4) is 0 Å². The van der Waals surface area contributed by atoms with E-state index in [1.807, 2.05) is 25.4 Å². The highest BCUT2D eigenvalue weighted by Crippen LogP contribution is 2.38. The van der Waals surface area contributed by atoms with Crippen LogP contribution >= 0.6 is 11.8 Å². The largest absolute Gasteiger partial charge is 0.416 e. The monoisotopic (exact) mass is 549 g/mol. The average molecular weight is 550 g/mol. The Hall–Kier alpha value is -4.30. The van der Waals surface area contributed by atoms with Gasteiger partial charge in [0.25, 0.3) is 0 Å². The van der Waals surface area contributed by atoms with Crippen LogP contribution in [-0.2, 0) is 6.18 Å². The van der Waals surface area contributed by atoms with Gasteiger partial charge in [-0.3, -0.25) is 0 Å². The van der Waals surface area contributed by atoms with Crippen molar-refractivity contribution in [3.8, 4) is 34.1 Å². The van der Waals surface area contributed by atoms with E-state index in [2.05, 4.69) is 26.6 Å². The van der Waals surface area contributed by atoms with E-state index in [0.717, 1.165) is 46.8 Å². The topological polar surface area (TPSA) is 83.8 Å². The van der Waals surface area contributed by atoms with Gasteiger partial charge in [0.1, 0.15) is 0 Å². The van der Waals surface area contributed by atoms with Crippen molar-refractivity contribution >= 4 is 23.4 Å². The van der Waals surface area contributed by atoms with E-state index < -0.39 is 11.7 Å². The third kappa shape index (κ3) is 5.33. The molecule has 0 saturated heterocycles. The first-order valence-electron chi connectivity index (χ1n) is 12.2. The Morgan fingerprint density at radius 1 is 1.13 bits per heavy atom. The van der Waals surface area contributed by atoms with Crippen molar-refractivity contribution < 1.29 is 14.6 Å². The number of anilines is 1. The zero-order valence-electron chi connectivity index (χ0n) is 21.2. The second kappa shape index (κ2) is 10.8. The molecule has 5 aromatic rings. The van der Waals surface area contributed by atoms with Gasteiger partial charge in [-0.2, -0.15) is 40.3 Å². The van der Waals surface area contributed by atoms with Crippen molar-refractivity contribution in [1.82, 2.24) is 24.4 Å². The van der Waals surface area contributed by atoms with Crippen molar-refractivity contribution in [3.63, 3.8) is 0 Å². The fraction of sp³-hybridized carbons (Fsp3) is 0.214. The van der Waals surface area contributed by atoms with Crippen LogP contribution in [0.15, 0.2) is 67.0 Å². The molecule has 0 bridgehead atoms. The molecule has 1 N–H and O–H groups in total. The Bertz CT molecular complexity index is 1670. The summed E-state index contributed by atoms with van der Waals surface area (Å²) in [6.07, 6.45) is 1.95. The van der Waals surface area contributed by atoms with Gasteiger partial charge in [-0.1, -0.05) is 12.1 Å². The van der Waals surface area contributed by atoms with Gasteiger partial charge in [0.05, 0.1) is 34.8 Å². The molecule has 0 unspecified atom stereocenters. The SMILES string of the molecule is CSCCCNc1nc2c(-c3cccc(C(F)(F)F)c3)c(C)c(-c3ccnn3-c3ccc(C#N)cc3)cn2n1.[HH]. The fourth-order valence-corrected chi connectivity index (χ4v) is 4.87. The number of hydrogen-bond donors (Lipinski definition) is 1. The van der Waals surface area contributed by atoms with Gasteiger partial charge < -0.3 is 5.32 Å². The quantitative estimate of drug-likeness (QED) is 0.213. The molecule has 3 aromatic heterocycles. The molecule has 7 nitrogen and oxygen atoms in total. The standard InChI is InChI=1S/C28H24F3N7S.H2/c1-18-23(24-11-13-34-38(24)22-9-7-19(16-32)8-10-22)17-37-26(35-27(36-37)33-12-4-14-39-2)25(18)20-5-3-6-21(15-20)28(29,30)31;/h3,5-11,13,15,17H,4,12,14H2,1-2H3,(H,33,36);1H. The number of nitriles is 1. The van der Waals surface area contributed by atoms with Crippen molar-refractivity contribution in [2.24, 2.45) is 0 Å². The minimum atomic E-state index is -4.48. The van der Waals surface area contributed by atoms with E-state index in [0.29, 0.717) is 34.8 Å². The third-order valence-electron chi connectivity index (χ3n) is 6.33. The van der Waals surface area contributed by atoms with Crippen molar-refractivity contribution in [3.05, 3.63) is 83.7 Å². The van der Waals surface area contributed by atoms with Gasteiger partial charge in [0.2, 0.25) is 5.95 Å². The van der Waals surface area contributed by atoms with E-state index >= 15 is 0 Å². The third-order valence-corrected chi connectivity index (χ3v) is 7.03. The lowest BCUT2D eigenvalue weighted by Gasteiger charge is -2.16. The lowest BCUT2D eigenvalue weighted by molar-refractivity contribution is -0.137. The van der Waals surface area contributed by atoms with E-state index in [-0.39, 0.29) is 1.43 Å². The predicted molar refractivity (Wildman–Crippen MR) is 149 cm³/mol. The van der Waals surface area contributed by atoms with Crippen LogP contribution in [0.25, 0.3) is 33.7 Å². The summed E-state index contributed by atoms with van der Waals surface area (Å²) in [6, 6.07) is 16.2. The summed E-state index contributed by atoms with van der Waals surface area (Å²) in [5.74, 6) is 1.39. The maximum absolute atomic E-state index is 13.6. The first-order chi connectivity index (χ1) is 18.8. The van der Waals surface area contributed by atoms with Gasteiger partial charge in [0, 0.05) is 25.3 Å². The second-order valence-electron chi connectivity index (χ2n) is 8.88. The maximum Gasteiger partial charge on any atom is 0.416 e. The molecular weight excluding hydrogens is 523 g/mol. The Balaban J connectivity index is 0.00000370. The Kier molecular flexibility index (Phi) is 7.30. The first kappa shape index (κ1) is 26.3. The van der Waals surface area contributed by atoms with Gasteiger partial charge in [-0.05, 0) is 78.9 Å². The number of hydrogen-bond acceptors (Lipinski definition) is 6. The van der Waals surface area contributed by atoms with E-state index in [9.17, 15) is 13.2 Å². The summed E-state index contributed by atoms with van der Waals surface area (Å²) < 4.78 is 44.2. The van der Waals surface area contributed by atoms with Crippen molar-refractivity contribution in [1.29, 1.82) is 5.26 Å². The number of pyridine rings is 1. The molecule has 0 aliphatic carbocycles. The van der Waals surface area contributed by atoms with Crippen molar-refractivity contribution in [2.45, 2.75) is 19.5 Å². The number of rotatable bonds is 8. The number of benzene rings is 2. The van der Waals surface area contributed by atoms with Crippen LogP contribution in [0.1, 0.15) is 24.5 Å². The molecule has 0 saturated carbocycles. The molecule has 5 rings (SSSR count). The average Bonchev–Trinajstić information content (AvgIpc) is 3.57. The number of fused-ring (bicyclic) bond motifs is 1. The summed E-state index contributed by atoms with van der Waals surface area (Å²) >= 11 is 1.75. The number of alkyl halides is 3. The predicted octanol–water partition coefficient (Wildman–Crippen LogP) is 6.86. The van der Waals surface area contributed by atoms with E-state index in [1.54, 1.807) is 57.5 Å². The van der Waals surface area contributed by atoms with E-state index in [4.69, 9.17) is 5.26 Å². The second-order valence-corrected chi connectivity index (χ2v) is 9.87. The first-order valence-corrected chi connectivity index (χ1v) is 13.5. The number of thioether (sulfide) groups is 1. The molecule has 2 aromatic carbocycles. The molecule has 0 aliphatic heterocycles. The fourth-order valence-electron chi connectivity index (χ4n) is 4.44. The minimum Gasteiger partial charge on any atom is -0.353 e. The highest BCUT2D eigenvalue weighted by molar-refractivity contribution is 7.98. The molecule has 0 fully saturated rings. The Labute approximate surface area is 228 Å². The molecule has 3 heterocycles. The van der Waals surface area contributed by atoms with Crippen LogP contribution in [-0.4, -0.2) is 42.9 Å². The zero-order valence-corrected chi connectivity index (χ0v) is 22.0.